The second-order valence-corrected chi connectivity index (χ2v) is 9.91. The molecule has 10 nitrogen and oxygen atoms in total. The van der Waals surface area contributed by atoms with E-state index in [9.17, 15) is 9.59 Å². The summed E-state index contributed by atoms with van der Waals surface area (Å²) >= 11 is 0. The van der Waals surface area contributed by atoms with Gasteiger partial charge in [0.1, 0.15) is 5.69 Å². The molecular formula is C28H38N8O2. The Morgan fingerprint density at radius 2 is 1.50 bits per heavy atom. The Bertz CT molecular complexity index is 1240. The summed E-state index contributed by atoms with van der Waals surface area (Å²) in [4.78, 5) is 29.7. The molecule has 3 aromatic rings. The molecule has 0 aliphatic carbocycles. The summed E-state index contributed by atoms with van der Waals surface area (Å²) in [7, 11) is 0. The van der Waals surface area contributed by atoms with Crippen molar-refractivity contribution in [3.63, 3.8) is 0 Å². The van der Waals surface area contributed by atoms with Gasteiger partial charge in [0.25, 0.3) is 11.8 Å². The molecule has 2 amide bonds. The minimum absolute atomic E-state index is 0.241. The summed E-state index contributed by atoms with van der Waals surface area (Å²) in [5.74, 6) is -0.481. The quantitative estimate of drug-likeness (QED) is 0.437. The number of aromatic nitrogens is 3. The van der Waals surface area contributed by atoms with Crippen molar-refractivity contribution in [2.24, 2.45) is 0 Å². The lowest BCUT2D eigenvalue weighted by Gasteiger charge is -2.26. The Morgan fingerprint density at radius 3 is 2.29 bits per heavy atom. The molecule has 2 aliphatic heterocycles. The number of carbonyl (C=O) groups is 2. The fraction of sp³-hybridized carbons (Fsp3) is 0.500. The zero-order valence-electron chi connectivity index (χ0n) is 22.2. The lowest BCUT2D eigenvalue weighted by atomic mass is 9.90. The van der Waals surface area contributed by atoms with Gasteiger partial charge in [-0.2, -0.15) is 0 Å². The second kappa shape index (κ2) is 12.6. The molecule has 0 radical (unpaired) electrons. The Labute approximate surface area is 223 Å². The van der Waals surface area contributed by atoms with Crippen molar-refractivity contribution in [1.29, 1.82) is 0 Å². The maximum absolute atomic E-state index is 12.9. The van der Waals surface area contributed by atoms with E-state index < -0.39 is 0 Å². The van der Waals surface area contributed by atoms with Gasteiger partial charge >= 0.3 is 0 Å². The second-order valence-electron chi connectivity index (χ2n) is 9.91. The van der Waals surface area contributed by atoms with E-state index >= 15 is 0 Å². The first-order valence-corrected chi connectivity index (χ1v) is 13.8. The van der Waals surface area contributed by atoms with E-state index in [-0.39, 0.29) is 11.8 Å². The maximum Gasteiger partial charge on any atom is 0.261 e. The van der Waals surface area contributed by atoms with Crippen molar-refractivity contribution in [1.82, 2.24) is 40.7 Å². The molecule has 0 saturated carbocycles. The largest absolute Gasteiger partial charge is 0.315 e. The van der Waals surface area contributed by atoms with E-state index in [2.05, 4.69) is 31.2 Å². The Balaban J connectivity index is 1.29. The van der Waals surface area contributed by atoms with Gasteiger partial charge in [-0.05, 0) is 63.5 Å². The molecule has 1 saturated heterocycles. The first-order chi connectivity index (χ1) is 18.7. The summed E-state index contributed by atoms with van der Waals surface area (Å²) < 4.78 is 1.89. The molecule has 1 fully saturated rings. The average Bonchev–Trinajstić information content (AvgIpc) is 3.41. The topological polar surface area (TPSA) is 107 Å². The normalized spacial score (nSPS) is 18.6. The Kier molecular flexibility index (Phi) is 8.75. The average molecular weight is 519 g/mol. The third-order valence-electron chi connectivity index (χ3n) is 7.39. The first-order valence-electron chi connectivity index (χ1n) is 13.8. The van der Waals surface area contributed by atoms with Crippen LogP contribution in [0, 0.1) is 0 Å². The summed E-state index contributed by atoms with van der Waals surface area (Å²) in [6.07, 6.45) is 4.21. The highest BCUT2D eigenvalue weighted by Crippen LogP contribution is 2.35. The van der Waals surface area contributed by atoms with Crippen molar-refractivity contribution in [3.05, 3.63) is 47.7 Å². The first kappa shape index (κ1) is 26.4. The molecule has 38 heavy (non-hydrogen) atoms. The third kappa shape index (κ3) is 5.78. The molecule has 5 rings (SSSR count). The number of amides is 2. The van der Waals surface area contributed by atoms with Crippen molar-refractivity contribution in [3.8, 4) is 11.3 Å². The molecule has 2 aromatic carbocycles. The molecule has 2 aliphatic rings. The smallest absolute Gasteiger partial charge is 0.261 e. The van der Waals surface area contributed by atoms with Crippen molar-refractivity contribution >= 4 is 22.6 Å². The van der Waals surface area contributed by atoms with Crippen molar-refractivity contribution in [2.75, 3.05) is 65.4 Å². The number of nitrogens with one attached hydrogen (secondary N) is 3. The highest BCUT2D eigenvalue weighted by atomic mass is 16.2. The Hall–Kier alpha value is -3.18. The van der Waals surface area contributed by atoms with Gasteiger partial charge in [-0.15, -0.1) is 5.10 Å². The lowest BCUT2D eigenvalue weighted by molar-refractivity contribution is 0.0619. The number of rotatable bonds is 5. The van der Waals surface area contributed by atoms with E-state index in [4.69, 9.17) is 0 Å². The third-order valence-corrected chi connectivity index (χ3v) is 7.39. The summed E-state index contributed by atoms with van der Waals surface area (Å²) in [6, 6.07) is 9.36. The van der Waals surface area contributed by atoms with Gasteiger partial charge in [-0.3, -0.25) is 19.2 Å². The fourth-order valence-corrected chi connectivity index (χ4v) is 5.32. The van der Waals surface area contributed by atoms with Gasteiger partial charge in [-0.1, -0.05) is 23.4 Å². The Morgan fingerprint density at radius 1 is 0.789 bits per heavy atom. The number of nitrogens with zero attached hydrogens (tertiary/aromatic N) is 5. The van der Waals surface area contributed by atoms with Crippen LogP contribution in [0.4, 0.5) is 0 Å². The number of hydrogen-bond donors (Lipinski definition) is 3. The molecule has 3 N–H and O–H groups in total. The SMILES string of the molecule is CCN1C(=O)c2cccc3c(-c4cn(CCN5CCCNCCNCCCNCC5)nn4)ccc(c23)C1=O. The summed E-state index contributed by atoms with van der Waals surface area (Å²) in [5.41, 5.74) is 2.75. The number of carbonyl (C=O) groups excluding carboxylic acids is 2. The molecule has 0 bridgehead atoms. The van der Waals surface area contributed by atoms with E-state index in [0.29, 0.717) is 23.1 Å². The van der Waals surface area contributed by atoms with E-state index in [1.165, 1.54) is 4.90 Å². The number of hydrogen-bond acceptors (Lipinski definition) is 8. The van der Waals surface area contributed by atoms with Crippen LogP contribution in [-0.2, 0) is 6.54 Å². The van der Waals surface area contributed by atoms with Gasteiger partial charge in [0.15, 0.2) is 0 Å². The zero-order chi connectivity index (χ0) is 26.3. The molecule has 0 unspecified atom stereocenters. The lowest BCUT2D eigenvalue weighted by Crippen LogP contribution is -2.40. The van der Waals surface area contributed by atoms with Gasteiger partial charge in [0.05, 0.1) is 12.7 Å². The van der Waals surface area contributed by atoms with Gasteiger partial charge in [-0.25, -0.2) is 0 Å². The molecule has 202 valence electrons. The van der Waals surface area contributed by atoms with Crippen LogP contribution in [-0.4, -0.2) is 102 Å². The minimum Gasteiger partial charge on any atom is -0.315 e. The molecule has 1 aromatic heterocycles. The highest BCUT2D eigenvalue weighted by molar-refractivity contribution is 6.26. The van der Waals surface area contributed by atoms with Crippen LogP contribution in [0.1, 0.15) is 40.5 Å². The summed E-state index contributed by atoms with van der Waals surface area (Å²) in [5, 5.41) is 21.0. The van der Waals surface area contributed by atoms with Crippen LogP contribution >= 0.6 is 0 Å². The van der Waals surface area contributed by atoms with Crippen LogP contribution in [0.3, 0.4) is 0 Å². The minimum atomic E-state index is -0.241. The number of benzene rings is 2. The van der Waals surface area contributed by atoms with Crippen LogP contribution in [0.15, 0.2) is 36.5 Å². The molecule has 10 heteroatoms. The molecule has 0 spiro atoms. The molecule has 3 heterocycles. The van der Waals surface area contributed by atoms with Crippen LogP contribution < -0.4 is 16.0 Å². The fourth-order valence-electron chi connectivity index (χ4n) is 5.32. The van der Waals surface area contributed by atoms with Crippen LogP contribution in [0.25, 0.3) is 22.0 Å². The zero-order valence-corrected chi connectivity index (χ0v) is 22.2. The predicted molar refractivity (Wildman–Crippen MR) is 148 cm³/mol. The predicted octanol–water partition coefficient (Wildman–Crippen LogP) is 1.58. The van der Waals surface area contributed by atoms with Crippen molar-refractivity contribution in [2.45, 2.75) is 26.3 Å². The van der Waals surface area contributed by atoms with Gasteiger partial charge < -0.3 is 20.9 Å². The van der Waals surface area contributed by atoms with E-state index in [1.807, 2.05) is 42.1 Å². The van der Waals surface area contributed by atoms with E-state index in [1.54, 1.807) is 6.07 Å². The number of imide groups is 1. The molecule has 0 atom stereocenters. The van der Waals surface area contributed by atoms with Crippen molar-refractivity contribution < 1.29 is 9.59 Å². The van der Waals surface area contributed by atoms with E-state index in [0.717, 1.165) is 94.9 Å². The molecular weight excluding hydrogens is 480 g/mol. The van der Waals surface area contributed by atoms with Crippen LogP contribution in [0.2, 0.25) is 0 Å². The van der Waals surface area contributed by atoms with Gasteiger partial charge in [0.2, 0.25) is 0 Å². The van der Waals surface area contributed by atoms with Crippen LogP contribution in [0.5, 0.6) is 0 Å². The standard InChI is InChI=1S/C28H38N8O2/c1-2-36-27(37)23-7-3-6-22-21(8-9-24(26(22)23)28(36)38)25-20-35(33-32-25)19-18-34-16-5-12-30-14-13-29-10-4-11-31-15-17-34/h3,6-9,20,29-31H,2,4-5,10-19H2,1H3. The summed E-state index contributed by atoms with van der Waals surface area (Å²) in [6.45, 7) is 11.9. The highest BCUT2D eigenvalue weighted by Gasteiger charge is 2.32. The maximum atomic E-state index is 12.9. The van der Waals surface area contributed by atoms with Gasteiger partial charge in [0, 0.05) is 61.3 Å². The monoisotopic (exact) mass is 518 g/mol.